The Morgan fingerprint density at radius 1 is 1.12 bits per heavy atom. The van der Waals surface area contributed by atoms with Gasteiger partial charge in [-0.05, 0) is 30.3 Å². The van der Waals surface area contributed by atoms with Crippen LogP contribution in [-0.2, 0) is 11.4 Å². The highest BCUT2D eigenvalue weighted by Crippen LogP contribution is 2.33. The van der Waals surface area contributed by atoms with E-state index in [1.165, 1.54) is 13.3 Å². The monoisotopic (exact) mass is 478 g/mol. The van der Waals surface area contributed by atoms with Gasteiger partial charge in [-0.1, -0.05) is 17.7 Å². The lowest BCUT2D eigenvalue weighted by Gasteiger charge is -2.13. The van der Waals surface area contributed by atoms with Crippen molar-refractivity contribution in [2.24, 2.45) is 0 Å². The molecule has 2 heterocycles. The Morgan fingerprint density at radius 3 is 2.76 bits per heavy atom. The molecule has 174 valence electrons. The van der Waals surface area contributed by atoms with Gasteiger partial charge in [0.2, 0.25) is 5.91 Å². The number of nitrogen functional groups attached to an aromatic ring is 1. The highest BCUT2D eigenvalue weighted by molar-refractivity contribution is 6.32. The average Bonchev–Trinajstić information content (AvgIpc) is 2.82. The van der Waals surface area contributed by atoms with Gasteiger partial charge in [0.05, 0.1) is 22.8 Å². The van der Waals surface area contributed by atoms with Crippen molar-refractivity contribution in [3.63, 3.8) is 0 Å². The SMILES string of the molecule is CC(=O)NCCOc1cc2ncnc(Nc3ccc(OCc4cccnc4)c(Cl)c3)c2cc1N. The predicted molar refractivity (Wildman–Crippen MR) is 131 cm³/mol. The van der Waals surface area contributed by atoms with E-state index in [4.69, 9.17) is 26.8 Å². The van der Waals surface area contributed by atoms with Crippen molar-refractivity contribution in [2.75, 3.05) is 24.2 Å². The quantitative estimate of drug-likeness (QED) is 0.242. The molecule has 0 unspecified atom stereocenters. The van der Waals surface area contributed by atoms with Gasteiger partial charge in [-0.25, -0.2) is 9.97 Å². The van der Waals surface area contributed by atoms with Crippen molar-refractivity contribution in [1.29, 1.82) is 0 Å². The fourth-order valence-electron chi connectivity index (χ4n) is 3.19. The number of rotatable bonds is 9. The molecule has 4 rings (SSSR count). The van der Waals surface area contributed by atoms with Crippen LogP contribution >= 0.6 is 11.6 Å². The lowest BCUT2D eigenvalue weighted by molar-refractivity contribution is -0.119. The van der Waals surface area contributed by atoms with Crippen LogP contribution in [0, 0.1) is 0 Å². The van der Waals surface area contributed by atoms with E-state index < -0.39 is 0 Å². The van der Waals surface area contributed by atoms with Gasteiger partial charge in [0, 0.05) is 42.0 Å². The molecule has 0 aliphatic rings. The summed E-state index contributed by atoms with van der Waals surface area (Å²) in [6.07, 6.45) is 4.91. The molecule has 9 nitrogen and oxygen atoms in total. The maximum Gasteiger partial charge on any atom is 0.216 e. The lowest BCUT2D eigenvalue weighted by Crippen LogP contribution is -2.25. The topological polar surface area (TPSA) is 124 Å². The smallest absolute Gasteiger partial charge is 0.216 e. The highest BCUT2D eigenvalue weighted by Gasteiger charge is 2.11. The number of pyridine rings is 1. The summed E-state index contributed by atoms with van der Waals surface area (Å²) in [6, 6.07) is 12.7. The predicted octanol–water partition coefficient (Wildman–Crippen LogP) is 4.10. The van der Waals surface area contributed by atoms with Gasteiger partial charge in [0.1, 0.15) is 36.9 Å². The van der Waals surface area contributed by atoms with Crippen LogP contribution in [0.15, 0.2) is 61.2 Å². The summed E-state index contributed by atoms with van der Waals surface area (Å²) in [4.78, 5) is 23.7. The summed E-state index contributed by atoms with van der Waals surface area (Å²) in [5.74, 6) is 1.50. The van der Waals surface area contributed by atoms with Gasteiger partial charge >= 0.3 is 0 Å². The normalized spacial score (nSPS) is 10.6. The van der Waals surface area contributed by atoms with Crippen LogP contribution in [0.1, 0.15) is 12.5 Å². The number of benzene rings is 2. The van der Waals surface area contributed by atoms with Gasteiger partial charge in [0.15, 0.2) is 0 Å². The first-order chi connectivity index (χ1) is 16.5. The zero-order valence-electron chi connectivity index (χ0n) is 18.4. The fraction of sp³-hybridized carbons (Fsp3) is 0.167. The van der Waals surface area contributed by atoms with E-state index in [1.54, 1.807) is 36.7 Å². The summed E-state index contributed by atoms with van der Waals surface area (Å²) in [7, 11) is 0. The molecule has 0 fully saturated rings. The van der Waals surface area contributed by atoms with Crippen LogP contribution in [0.2, 0.25) is 5.02 Å². The molecular formula is C24H23ClN6O3. The molecule has 0 aliphatic heterocycles. The molecule has 4 N–H and O–H groups in total. The third kappa shape index (κ3) is 5.81. The minimum absolute atomic E-state index is 0.119. The number of hydrogen-bond acceptors (Lipinski definition) is 8. The minimum Gasteiger partial charge on any atom is -0.490 e. The second-order valence-corrected chi connectivity index (χ2v) is 7.79. The molecule has 1 amide bonds. The molecule has 0 bridgehead atoms. The number of aromatic nitrogens is 3. The second kappa shape index (κ2) is 10.7. The molecule has 0 atom stereocenters. The van der Waals surface area contributed by atoms with Gasteiger partial charge in [0.25, 0.3) is 0 Å². The van der Waals surface area contributed by atoms with Crippen LogP contribution in [0.3, 0.4) is 0 Å². The molecule has 0 radical (unpaired) electrons. The van der Waals surface area contributed by atoms with Crippen molar-refractivity contribution in [2.45, 2.75) is 13.5 Å². The van der Waals surface area contributed by atoms with E-state index in [1.807, 2.05) is 18.2 Å². The maximum atomic E-state index is 11.0. The Kier molecular flexibility index (Phi) is 7.24. The van der Waals surface area contributed by atoms with Gasteiger partial charge in [-0.3, -0.25) is 9.78 Å². The molecule has 0 saturated heterocycles. The summed E-state index contributed by atoms with van der Waals surface area (Å²) < 4.78 is 11.5. The molecule has 0 spiro atoms. The van der Waals surface area contributed by atoms with Gasteiger partial charge in [-0.2, -0.15) is 0 Å². The molecule has 4 aromatic rings. The summed E-state index contributed by atoms with van der Waals surface area (Å²) in [5, 5.41) is 7.11. The van der Waals surface area contributed by atoms with E-state index in [0.717, 1.165) is 16.6 Å². The average molecular weight is 479 g/mol. The Hall–Kier alpha value is -4.11. The Balaban J connectivity index is 1.47. The first kappa shape index (κ1) is 23.1. The molecule has 0 aliphatic carbocycles. The number of hydrogen-bond donors (Lipinski definition) is 3. The first-order valence-corrected chi connectivity index (χ1v) is 10.9. The number of carbonyl (C=O) groups is 1. The Bertz CT molecular complexity index is 1300. The van der Waals surface area contributed by atoms with Crippen molar-refractivity contribution in [3.8, 4) is 11.5 Å². The summed E-state index contributed by atoms with van der Waals surface area (Å²) >= 11 is 6.43. The van der Waals surface area contributed by atoms with E-state index in [0.29, 0.717) is 53.3 Å². The van der Waals surface area contributed by atoms with Gasteiger partial charge in [-0.15, -0.1) is 0 Å². The number of nitrogens with two attached hydrogens (primary N) is 1. The zero-order chi connectivity index (χ0) is 23.9. The Morgan fingerprint density at radius 2 is 2.00 bits per heavy atom. The number of nitrogens with zero attached hydrogens (tertiary/aromatic N) is 3. The number of carbonyl (C=O) groups excluding carboxylic acids is 1. The standard InChI is InChI=1S/C24H23ClN6O3/c1-15(32)28-7-8-33-23-11-21-18(10-20(23)26)24(30-14-29-21)31-17-4-5-22(19(25)9-17)34-13-16-3-2-6-27-12-16/h2-6,9-12,14H,7-8,13,26H2,1H3,(H,28,32)(H,29,30,31). The van der Waals surface area contributed by atoms with Crippen molar-refractivity contribution >= 4 is 45.6 Å². The number of anilines is 3. The minimum atomic E-state index is -0.119. The zero-order valence-corrected chi connectivity index (χ0v) is 19.2. The molecule has 34 heavy (non-hydrogen) atoms. The number of halogens is 1. The van der Waals surface area contributed by atoms with Crippen LogP contribution in [0.4, 0.5) is 17.2 Å². The van der Waals surface area contributed by atoms with Crippen LogP contribution < -0.4 is 25.8 Å². The number of ether oxygens (including phenoxy) is 2. The van der Waals surface area contributed by atoms with Crippen molar-refractivity contribution < 1.29 is 14.3 Å². The van der Waals surface area contributed by atoms with E-state index in [9.17, 15) is 4.79 Å². The first-order valence-electron chi connectivity index (χ1n) is 10.5. The molecular weight excluding hydrogens is 456 g/mol. The second-order valence-electron chi connectivity index (χ2n) is 7.38. The van der Waals surface area contributed by atoms with Crippen LogP contribution in [-0.4, -0.2) is 34.0 Å². The van der Waals surface area contributed by atoms with Crippen LogP contribution in [0.25, 0.3) is 10.9 Å². The van der Waals surface area contributed by atoms with E-state index in [2.05, 4.69) is 25.6 Å². The fourth-order valence-corrected chi connectivity index (χ4v) is 3.43. The van der Waals surface area contributed by atoms with Crippen molar-refractivity contribution in [1.82, 2.24) is 20.3 Å². The number of fused-ring (bicyclic) bond motifs is 1. The van der Waals surface area contributed by atoms with Crippen molar-refractivity contribution in [3.05, 3.63) is 71.8 Å². The number of amides is 1. The molecule has 10 heteroatoms. The third-order valence-electron chi connectivity index (χ3n) is 4.81. The Labute approximate surface area is 201 Å². The van der Waals surface area contributed by atoms with E-state index >= 15 is 0 Å². The van der Waals surface area contributed by atoms with Gasteiger partial charge < -0.3 is 25.8 Å². The summed E-state index contributed by atoms with van der Waals surface area (Å²) in [6.45, 7) is 2.49. The van der Waals surface area contributed by atoms with Crippen LogP contribution in [0.5, 0.6) is 11.5 Å². The maximum absolute atomic E-state index is 11.0. The molecule has 2 aromatic carbocycles. The summed E-state index contributed by atoms with van der Waals surface area (Å²) in [5.41, 5.74) is 8.95. The highest BCUT2D eigenvalue weighted by atomic mass is 35.5. The van der Waals surface area contributed by atoms with E-state index in [-0.39, 0.29) is 5.91 Å². The molecule has 2 aromatic heterocycles. The largest absolute Gasteiger partial charge is 0.490 e. The third-order valence-corrected chi connectivity index (χ3v) is 5.11. The lowest BCUT2D eigenvalue weighted by atomic mass is 10.2. The number of nitrogens with one attached hydrogen (secondary N) is 2. The molecule has 0 saturated carbocycles.